The van der Waals surface area contributed by atoms with E-state index in [1.54, 1.807) is 19.0 Å². The molecule has 104 valence electrons. The van der Waals surface area contributed by atoms with E-state index in [4.69, 9.17) is 4.74 Å². The molecule has 2 aromatic rings. The first kappa shape index (κ1) is 13.7. The topological polar surface area (TPSA) is 93.1 Å². The Hall–Kier alpha value is -2.77. The Morgan fingerprint density at radius 2 is 2.05 bits per heavy atom. The highest BCUT2D eigenvalue weighted by Crippen LogP contribution is 2.23. The molecule has 0 saturated heterocycles. The van der Waals surface area contributed by atoms with Crippen LogP contribution in [-0.4, -0.2) is 47.0 Å². The zero-order valence-electron chi connectivity index (χ0n) is 11.4. The van der Waals surface area contributed by atoms with Gasteiger partial charge in [-0.25, -0.2) is 9.97 Å². The van der Waals surface area contributed by atoms with Gasteiger partial charge >= 0.3 is 6.01 Å². The average Bonchev–Trinajstić information content (AvgIpc) is 2.48. The normalized spacial score (nSPS) is 9.95. The molecule has 0 aliphatic carbocycles. The summed E-state index contributed by atoms with van der Waals surface area (Å²) in [4.78, 5) is 29.7. The molecule has 2 aromatic heterocycles. The molecular weight excluding hydrogens is 260 g/mol. The first-order valence-corrected chi connectivity index (χ1v) is 5.77. The molecule has 1 amide bonds. The summed E-state index contributed by atoms with van der Waals surface area (Å²) in [6.07, 6.45) is 5.81. The Morgan fingerprint density at radius 3 is 2.65 bits per heavy atom. The monoisotopic (exact) mass is 274 g/mol. The van der Waals surface area contributed by atoms with E-state index in [2.05, 4.69) is 25.3 Å². The van der Waals surface area contributed by atoms with E-state index in [1.165, 1.54) is 31.9 Å². The lowest BCUT2D eigenvalue weighted by atomic mass is 10.3. The number of amides is 1. The Morgan fingerprint density at radius 1 is 1.25 bits per heavy atom. The van der Waals surface area contributed by atoms with E-state index in [0.29, 0.717) is 11.5 Å². The van der Waals surface area contributed by atoms with Gasteiger partial charge in [-0.1, -0.05) is 0 Å². The summed E-state index contributed by atoms with van der Waals surface area (Å²) in [5, 5.41) is 2.70. The van der Waals surface area contributed by atoms with E-state index < -0.39 is 0 Å². The molecule has 0 unspecified atom stereocenters. The SMILES string of the molecule is COc1ncc(NC(=O)c2cnccn2)c(N(C)C)n1. The number of carbonyl (C=O) groups is 1. The highest BCUT2D eigenvalue weighted by atomic mass is 16.5. The fourth-order valence-electron chi connectivity index (χ4n) is 1.49. The van der Waals surface area contributed by atoms with Crippen LogP contribution in [-0.2, 0) is 0 Å². The predicted octanol–water partition coefficient (Wildman–Crippen LogP) is 0.593. The van der Waals surface area contributed by atoms with E-state index in [1.807, 2.05) is 0 Å². The molecule has 0 aromatic carbocycles. The summed E-state index contributed by atoms with van der Waals surface area (Å²) in [5.74, 6) is 0.157. The maximum absolute atomic E-state index is 12.0. The number of aromatic nitrogens is 4. The smallest absolute Gasteiger partial charge is 0.318 e. The van der Waals surface area contributed by atoms with Crippen molar-refractivity contribution in [3.05, 3.63) is 30.5 Å². The molecule has 8 nitrogen and oxygen atoms in total. The zero-order valence-corrected chi connectivity index (χ0v) is 11.4. The minimum absolute atomic E-state index is 0.216. The minimum atomic E-state index is -0.380. The van der Waals surface area contributed by atoms with Crippen molar-refractivity contribution in [2.24, 2.45) is 0 Å². The van der Waals surface area contributed by atoms with Gasteiger partial charge in [0.1, 0.15) is 11.4 Å². The lowest BCUT2D eigenvalue weighted by molar-refractivity contribution is 0.102. The van der Waals surface area contributed by atoms with Crippen molar-refractivity contribution < 1.29 is 9.53 Å². The Bertz CT molecular complexity index is 602. The number of methoxy groups -OCH3 is 1. The van der Waals surface area contributed by atoms with Crippen molar-refractivity contribution in [2.75, 3.05) is 31.4 Å². The van der Waals surface area contributed by atoms with Gasteiger partial charge in [-0.3, -0.25) is 9.78 Å². The van der Waals surface area contributed by atoms with Crippen molar-refractivity contribution in [2.45, 2.75) is 0 Å². The third-order valence-electron chi connectivity index (χ3n) is 2.40. The van der Waals surface area contributed by atoms with Gasteiger partial charge in [-0.05, 0) is 0 Å². The van der Waals surface area contributed by atoms with Gasteiger partial charge in [-0.15, -0.1) is 0 Å². The summed E-state index contributed by atoms with van der Waals surface area (Å²) in [5.41, 5.74) is 0.680. The van der Waals surface area contributed by atoms with Gasteiger partial charge in [0.2, 0.25) is 0 Å². The Labute approximate surface area is 115 Å². The lowest BCUT2D eigenvalue weighted by Crippen LogP contribution is -2.19. The Kier molecular flexibility index (Phi) is 4.04. The summed E-state index contributed by atoms with van der Waals surface area (Å²) >= 11 is 0. The van der Waals surface area contributed by atoms with Crippen LogP contribution in [0.15, 0.2) is 24.8 Å². The van der Waals surface area contributed by atoms with Crippen LogP contribution >= 0.6 is 0 Å². The van der Waals surface area contributed by atoms with Crippen LogP contribution in [0, 0.1) is 0 Å². The van der Waals surface area contributed by atoms with Crippen LogP contribution < -0.4 is 15.0 Å². The molecule has 0 fully saturated rings. The lowest BCUT2D eigenvalue weighted by Gasteiger charge is -2.16. The number of hydrogen-bond donors (Lipinski definition) is 1. The number of nitrogens with zero attached hydrogens (tertiary/aromatic N) is 5. The molecule has 0 bridgehead atoms. The summed E-state index contributed by atoms with van der Waals surface area (Å²) in [6.45, 7) is 0. The zero-order chi connectivity index (χ0) is 14.5. The highest BCUT2D eigenvalue weighted by molar-refractivity contribution is 6.04. The minimum Gasteiger partial charge on any atom is -0.467 e. The van der Waals surface area contributed by atoms with Crippen molar-refractivity contribution in [1.29, 1.82) is 0 Å². The molecule has 8 heteroatoms. The number of nitrogens with one attached hydrogen (secondary N) is 1. The number of rotatable bonds is 4. The first-order valence-electron chi connectivity index (χ1n) is 5.77. The van der Waals surface area contributed by atoms with Gasteiger partial charge in [0.05, 0.1) is 19.5 Å². The van der Waals surface area contributed by atoms with Crippen LogP contribution in [0.25, 0.3) is 0 Å². The molecular formula is C12H14N6O2. The average molecular weight is 274 g/mol. The largest absolute Gasteiger partial charge is 0.467 e. The predicted molar refractivity (Wildman–Crippen MR) is 72.9 cm³/mol. The standard InChI is InChI=1S/C12H14N6O2/c1-18(2)10-8(7-15-12(17-10)20-3)16-11(19)9-6-13-4-5-14-9/h4-7H,1-3H3,(H,16,19). The number of anilines is 2. The van der Waals surface area contributed by atoms with Crippen LogP contribution in [0.5, 0.6) is 6.01 Å². The van der Waals surface area contributed by atoms with E-state index in [0.717, 1.165) is 0 Å². The van der Waals surface area contributed by atoms with Crippen molar-refractivity contribution in [1.82, 2.24) is 19.9 Å². The Balaban J connectivity index is 2.27. The van der Waals surface area contributed by atoms with E-state index in [9.17, 15) is 4.79 Å². The van der Waals surface area contributed by atoms with Crippen molar-refractivity contribution in [3.8, 4) is 6.01 Å². The molecule has 0 saturated carbocycles. The summed E-state index contributed by atoms with van der Waals surface area (Å²) in [7, 11) is 5.09. The maximum Gasteiger partial charge on any atom is 0.318 e. The summed E-state index contributed by atoms with van der Waals surface area (Å²) in [6, 6.07) is 0.228. The van der Waals surface area contributed by atoms with Gasteiger partial charge in [-0.2, -0.15) is 4.98 Å². The fourth-order valence-corrected chi connectivity index (χ4v) is 1.49. The van der Waals surface area contributed by atoms with Gasteiger partial charge < -0.3 is 15.0 Å². The molecule has 1 N–H and O–H groups in total. The molecule has 2 heterocycles. The van der Waals surface area contributed by atoms with Gasteiger partial charge in [0.25, 0.3) is 5.91 Å². The van der Waals surface area contributed by atoms with E-state index in [-0.39, 0.29) is 17.6 Å². The van der Waals surface area contributed by atoms with Crippen LogP contribution in [0.1, 0.15) is 10.5 Å². The fraction of sp³-hybridized carbons (Fsp3) is 0.250. The number of ether oxygens (including phenoxy) is 1. The second-order valence-electron chi connectivity index (χ2n) is 4.03. The number of hydrogen-bond acceptors (Lipinski definition) is 7. The van der Waals surface area contributed by atoms with Crippen LogP contribution in [0.4, 0.5) is 11.5 Å². The molecule has 0 atom stereocenters. The third kappa shape index (κ3) is 2.97. The summed E-state index contributed by atoms with van der Waals surface area (Å²) < 4.78 is 4.97. The van der Waals surface area contributed by atoms with E-state index >= 15 is 0 Å². The molecule has 0 aliphatic rings. The molecule has 2 rings (SSSR count). The second kappa shape index (κ2) is 5.91. The highest BCUT2D eigenvalue weighted by Gasteiger charge is 2.14. The quantitative estimate of drug-likeness (QED) is 0.872. The number of carbonyl (C=O) groups excluding carboxylic acids is 1. The molecule has 0 aliphatic heterocycles. The van der Waals surface area contributed by atoms with Crippen molar-refractivity contribution >= 4 is 17.4 Å². The van der Waals surface area contributed by atoms with Crippen LogP contribution in [0.2, 0.25) is 0 Å². The maximum atomic E-state index is 12.0. The van der Waals surface area contributed by atoms with Gasteiger partial charge in [0.15, 0.2) is 5.82 Å². The first-order chi connectivity index (χ1) is 9.61. The third-order valence-corrected chi connectivity index (χ3v) is 2.40. The van der Waals surface area contributed by atoms with Crippen molar-refractivity contribution in [3.63, 3.8) is 0 Å². The molecule has 0 spiro atoms. The molecule has 20 heavy (non-hydrogen) atoms. The second-order valence-corrected chi connectivity index (χ2v) is 4.03. The van der Waals surface area contributed by atoms with Gasteiger partial charge in [0, 0.05) is 26.5 Å². The molecule has 0 radical (unpaired) electrons. The van der Waals surface area contributed by atoms with Crippen LogP contribution in [0.3, 0.4) is 0 Å².